The third-order valence-electron chi connectivity index (χ3n) is 3.08. The van der Waals surface area contributed by atoms with Gasteiger partial charge in [0.2, 0.25) is 10.0 Å². The molecule has 0 aliphatic heterocycles. The van der Waals surface area contributed by atoms with Crippen molar-refractivity contribution in [2.45, 2.75) is 18.0 Å². The minimum absolute atomic E-state index is 0.303. The molecule has 4 nitrogen and oxygen atoms in total. The Morgan fingerprint density at radius 1 is 1.00 bits per heavy atom. The largest absolute Gasteiger partial charge is 0.326 e. The number of nitrogens with zero attached hydrogens (tertiary/aromatic N) is 1. The molecule has 20 heavy (non-hydrogen) atoms. The van der Waals surface area contributed by atoms with Crippen LogP contribution in [0.15, 0.2) is 59.5 Å². The zero-order chi connectivity index (χ0) is 14.6. The van der Waals surface area contributed by atoms with Crippen LogP contribution in [0.2, 0.25) is 0 Å². The predicted molar refractivity (Wildman–Crippen MR) is 79.4 cm³/mol. The highest BCUT2D eigenvalue weighted by Crippen LogP contribution is 2.16. The standard InChI is InChI=1S/C15H18N2O2S/c1-17(12-14-7-5-6-13(10-14)11-16)20(18,19)15-8-3-2-4-9-15/h2-10H,11-12,16H2,1H3. The van der Waals surface area contributed by atoms with Crippen LogP contribution in [0, 0.1) is 0 Å². The van der Waals surface area contributed by atoms with Gasteiger partial charge in [0.25, 0.3) is 0 Å². The van der Waals surface area contributed by atoms with E-state index in [4.69, 9.17) is 5.73 Å². The smallest absolute Gasteiger partial charge is 0.243 e. The van der Waals surface area contributed by atoms with Crippen LogP contribution in [-0.2, 0) is 23.1 Å². The van der Waals surface area contributed by atoms with E-state index in [1.54, 1.807) is 37.4 Å². The SMILES string of the molecule is CN(Cc1cccc(CN)c1)S(=O)(=O)c1ccccc1. The zero-order valence-corrected chi connectivity index (χ0v) is 12.2. The van der Waals surface area contributed by atoms with E-state index in [2.05, 4.69) is 0 Å². The summed E-state index contributed by atoms with van der Waals surface area (Å²) < 4.78 is 26.1. The van der Waals surface area contributed by atoms with E-state index in [1.165, 1.54) is 4.31 Å². The third kappa shape index (κ3) is 3.25. The van der Waals surface area contributed by atoms with Crippen LogP contribution >= 0.6 is 0 Å². The van der Waals surface area contributed by atoms with Crippen molar-refractivity contribution in [3.8, 4) is 0 Å². The highest BCUT2D eigenvalue weighted by Gasteiger charge is 2.20. The Labute approximate surface area is 119 Å². The van der Waals surface area contributed by atoms with Crippen molar-refractivity contribution in [2.75, 3.05) is 7.05 Å². The molecule has 2 N–H and O–H groups in total. The quantitative estimate of drug-likeness (QED) is 0.915. The van der Waals surface area contributed by atoms with Crippen LogP contribution in [0.5, 0.6) is 0 Å². The maximum atomic E-state index is 12.4. The van der Waals surface area contributed by atoms with Crippen molar-refractivity contribution in [3.05, 3.63) is 65.7 Å². The molecule has 0 aliphatic carbocycles. The van der Waals surface area contributed by atoms with Gasteiger partial charge in [-0.15, -0.1) is 0 Å². The van der Waals surface area contributed by atoms with Gasteiger partial charge >= 0.3 is 0 Å². The fourth-order valence-electron chi connectivity index (χ4n) is 1.97. The predicted octanol–water partition coefficient (Wildman–Crippen LogP) is 1.97. The molecule has 106 valence electrons. The van der Waals surface area contributed by atoms with Gasteiger partial charge in [0.15, 0.2) is 0 Å². The summed E-state index contributed by atoms with van der Waals surface area (Å²) in [5, 5.41) is 0. The van der Waals surface area contributed by atoms with Crippen LogP contribution in [0.4, 0.5) is 0 Å². The van der Waals surface area contributed by atoms with Crippen molar-refractivity contribution >= 4 is 10.0 Å². The molecule has 0 heterocycles. The van der Waals surface area contributed by atoms with Gasteiger partial charge < -0.3 is 5.73 Å². The molecule has 2 rings (SSSR count). The molecule has 0 amide bonds. The first-order valence-electron chi connectivity index (χ1n) is 6.33. The average Bonchev–Trinajstić information content (AvgIpc) is 2.48. The van der Waals surface area contributed by atoms with Gasteiger partial charge in [-0.25, -0.2) is 8.42 Å². The number of sulfonamides is 1. The van der Waals surface area contributed by atoms with Crippen LogP contribution in [0.3, 0.4) is 0 Å². The highest BCUT2D eigenvalue weighted by atomic mass is 32.2. The van der Waals surface area contributed by atoms with Crippen LogP contribution in [0.1, 0.15) is 11.1 Å². The Hall–Kier alpha value is -1.69. The topological polar surface area (TPSA) is 63.4 Å². The Morgan fingerprint density at radius 2 is 1.65 bits per heavy atom. The molecule has 0 saturated carbocycles. The number of rotatable bonds is 5. The normalized spacial score (nSPS) is 11.8. The monoisotopic (exact) mass is 290 g/mol. The van der Waals surface area contributed by atoms with Crippen LogP contribution < -0.4 is 5.73 Å². The molecule has 2 aromatic rings. The third-order valence-corrected chi connectivity index (χ3v) is 4.90. The molecule has 0 saturated heterocycles. The van der Waals surface area contributed by atoms with Gasteiger partial charge in [-0.3, -0.25) is 0 Å². The minimum Gasteiger partial charge on any atom is -0.326 e. The summed E-state index contributed by atoms with van der Waals surface area (Å²) in [5.41, 5.74) is 7.51. The molecule has 0 aliphatic rings. The second-order valence-electron chi connectivity index (χ2n) is 4.60. The lowest BCUT2D eigenvalue weighted by Gasteiger charge is -2.17. The molecular formula is C15H18N2O2S. The van der Waals surface area contributed by atoms with E-state index in [0.717, 1.165) is 11.1 Å². The minimum atomic E-state index is -3.45. The van der Waals surface area contributed by atoms with Crippen molar-refractivity contribution in [2.24, 2.45) is 5.73 Å². The summed E-state index contributed by atoms with van der Waals surface area (Å²) in [7, 11) is -1.87. The molecule has 0 radical (unpaired) electrons. The van der Waals surface area contributed by atoms with E-state index >= 15 is 0 Å². The van der Waals surface area contributed by atoms with Crippen LogP contribution in [0.25, 0.3) is 0 Å². The lowest BCUT2D eigenvalue weighted by molar-refractivity contribution is 0.466. The first-order valence-corrected chi connectivity index (χ1v) is 7.77. The highest BCUT2D eigenvalue weighted by molar-refractivity contribution is 7.89. The second kappa shape index (κ2) is 6.17. The molecule has 5 heteroatoms. The Balaban J connectivity index is 2.21. The van der Waals surface area contributed by atoms with Crippen molar-refractivity contribution in [1.82, 2.24) is 4.31 Å². The van der Waals surface area contributed by atoms with E-state index < -0.39 is 10.0 Å². The lowest BCUT2D eigenvalue weighted by Crippen LogP contribution is -2.26. The van der Waals surface area contributed by atoms with Crippen molar-refractivity contribution < 1.29 is 8.42 Å². The first kappa shape index (κ1) is 14.7. The number of benzene rings is 2. The molecular weight excluding hydrogens is 272 g/mol. The number of hydrogen-bond acceptors (Lipinski definition) is 3. The summed E-state index contributed by atoms with van der Waals surface area (Å²) >= 11 is 0. The van der Waals surface area contributed by atoms with Gasteiger partial charge in [-0.2, -0.15) is 4.31 Å². The summed E-state index contributed by atoms with van der Waals surface area (Å²) in [6.07, 6.45) is 0. The van der Waals surface area contributed by atoms with Crippen molar-refractivity contribution in [1.29, 1.82) is 0 Å². The zero-order valence-electron chi connectivity index (χ0n) is 11.4. The molecule has 0 fully saturated rings. The maximum absolute atomic E-state index is 12.4. The lowest BCUT2D eigenvalue weighted by atomic mass is 10.1. The van der Waals surface area contributed by atoms with E-state index in [9.17, 15) is 8.42 Å². The summed E-state index contributed by atoms with van der Waals surface area (Å²) in [6, 6.07) is 16.1. The van der Waals surface area contributed by atoms with Crippen LogP contribution in [-0.4, -0.2) is 19.8 Å². The van der Waals surface area contributed by atoms with Gasteiger partial charge in [0.05, 0.1) is 4.90 Å². The van der Waals surface area contributed by atoms with Gasteiger partial charge in [-0.1, -0.05) is 42.5 Å². The molecule has 0 bridgehead atoms. The molecule has 2 aromatic carbocycles. The number of hydrogen-bond donors (Lipinski definition) is 1. The Bertz CT molecular complexity index is 669. The van der Waals surface area contributed by atoms with Crippen molar-refractivity contribution in [3.63, 3.8) is 0 Å². The summed E-state index contributed by atoms with van der Waals surface area (Å²) in [5.74, 6) is 0. The Morgan fingerprint density at radius 3 is 2.30 bits per heavy atom. The first-order chi connectivity index (χ1) is 9.54. The van der Waals surface area contributed by atoms with Gasteiger partial charge in [0.1, 0.15) is 0 Å². The van der Waals surface area contributed by atoms with E-state index in [-0.39, 0.29) is 0 Å². The summed E-state index contributed by atoms with van der Waals surface area (Å²) in [4.78, 5) is 0.303. The fourth-order valence-corrected chi connectivity index (χ4v) is 3.15. The molecule has 0 aromatic heterocycles. The second-order valence-corrected chi connectivity index (χ2v) is 6.64. The Kier molecular flexibility index (Phi) is 4.54. The molecule has 0 unspecified atom stereocenters. The average molecular weight is 290 g/mol. The molecule has 0 atom stereocenters. The van der Waals surface area contributed by atoms with Gasteiger partial charge in [0, 0.05) is 20.1 Å². The van der Waals surface area contributed by atoms with E-state index in [1.807, 2.05) is 24.3 Å². The molecule has 0 spiro atoms. The number of nitrogens with two attached hydrogens (primary N) is 1. The van der Waals surface area contributed by atoms with Gasteiger partial charge in [-0.05, 0) is 23.3 Å². The maximum Gasteiger partial charge on any atom is 0.243 e. The summed E-state index contributed by atoms with van der Waals surface area (Å²) in [6.45, 7) is 0.772. The fraction of sp³-hybridized carbons (Fsp3) is 0.200. The van der Waals surface area contributed by atoms with E-state index in [0.29, 0.717) is 18.0 Å².